The van der Waals surface area contributed by atoms with E-state index >= 15 is 0 Å². The number of hydrogen-bond acceptors (Lipinski definition) is 4. The number of nitrogens with one attached hydrogen (secondary N) is 1. The summed E-state index contributed by atoms with van der Waals surface area (Å²) in [5.74, 6) is 2.22. The lowest BCUT2D eigenvalue weighted by atomic mass is 9.48. The molecule has 1 aromatic heterocycles. The predicted molar refractivity (Wildman–Crippen MR) is 132 cm³/mol. The van der Waals surface area contributed by atoms with E-state index in [4.69, 9.17) is 16.6 Å². The van der Waals surface area contributed by atoms with Crippen LogP contribution in [0.1, 0.15) is 68.5 Å². The Morgan fingerprint density at radius 1 is 1.12 bits per heavy atom. The molecule has 2 aromatic rings. The molecule has 0 spiro atoms. The smallest absolute Gasteiger partial charge is 0.183 e. The third-order valence-corrected chi connectivity index (χ3v) is 10.9. The fourth-order valence-electron chi connectivity index (χ4n) is 7.66. The number of allylic oxidation sites excluding steroid dienone is 1. The maximum atomic E-state index is 10.2. The fourth-order valence-corrected chi connectivity index (χ4v) is 9.01. The second-order valence-corrected chi connectivity index (χ2v) is 12.5. The summed E-state index contributed by atoms with van der Waals surface area (Å²) in [6, 6.07) is 8.03. The van der Waals surface area contributed by atoms with Crippen LogP contribution in [0.4, 0.5) is 5.13 Å². The van der Waals surface area contributed by atoms with Crippen molar-refractivity contribution in [3.8, 4) is 0 Å². The third kappa shape index (κ3) is 3.13. The van der Waals surface area contributed by atoms with Crippen molar-refractivity contribution in [2.24, 2.45) is 23.2 Å². The van der Waals surface area contributed by atoms with Crippen LogP contribution < -0.4 is 5.32 Å². The molecule has 4 aliphatic rings. The predicted octanol–water partition coefficient (Wildman–Crippen LogP) is 6.75. The first-order valence-electron chi connectivity index (χ1n) is 12.2. The van der Waals surface area contributed by atoms with Crippen molar-refractivity contribution in [2.45, 2.75) is 76.9 Å². The lowest BCUT2D eigenvalue weighted by molar-refractivity contribution is -0.0169. The summed E-state index contributed by atoms with van der Waals surface area (Å²) in [6.45, 7) is 5.71. The van der Waals surface area contributed by atoms with Gasteiger partial charge in [-0.25, -0.2) is 4.98 Å². The summed E-state index contributed by atoms with van der Waals surface area (Å²) in [7, 11) is 0. The van der Waals surface area contributed by atoms with Gasteiger partial charge in [0.15, 0.2) is 5.13 Å². The number of aromatic nitrogens is 1. The van der Waals surface area contributed by atoms with Crippen LogP contribution in [-0.4, -0.2) is 16.2 Å². The Bertz CT molecular complexity index is 1080. The number of rotatable bonds is 3. The highest BCUT2D eigenvalue weighted by Crippen LogP contribution is 2.64. The van der Waals surface area contributed by atoms with Gasteiger partial charge in [0.2, 0.25) is 0 Å². The molecule has 2 N–H and O–H groups in total. The fraction of sp³-hybridized carbons (Fsp3) is 0.593. The van der Waals surface area contributed by atoms with Gasteiger partial charge < -0.3 is 10.4 Å². The number of hydrogen-bond donors (Lipinski definition) is 2. The highest BCUT2D eigenvalue weighted by Gasteiger charge is 2.58. The Hall–Kier alpha value is -1.36. The molecule has 170 valence electrons. The van der Waals surface area contributed by atoms with Gasteiger partial charge in [0, 0.05) is 21.9 Å². The number of thiazole rings is 1. The zero-order valence-corrected chi connectivity index (χ0v) is 20.6. The molecule has 1 aromatic carbocycles. The first-order valence-corrected chi connectivity index (χ1v) is 13.4. The zero-order valence-electron chi connectivity index (χ0n) is 19.0. The summed E-state index contributed by atoms with van der Waals surface area (Å²) >= 11 is 8.20. The number of nitrogens with zero attached hydrogens (tertiary/aromatic N) is 1. The lowest BCUT2D eigenvalue weighted by Gasteiger charge is -2.57. The van der Waals surface area contributed by atoms with E-state index in [1.54, 1.807) is 5.57 Å². The van der Waals surface area contributed by atoms with E-state index in [1.807, 2.05) is 29.5 Å². The molecule has 5 heteroatoms. The van der Waals surface area contributed by atoms with E-state index < -0.39 is 0 Å². The second kappa shape index (κ2) is 7.58. The number of aliphatic hydroxyl groups is 1. The van der Waals surface area contributed by atoms with Crippen LogP contribution in [-0.2, 0) is 18.4 Å². The molecule has 4 aliphatic carbocycles. The molecule has 6 unspecified atom stereocenters. The minimum atomic E-state index is -0.126. The molecule has 32 heavy (non-hydrogen) atoms. The summed E-state index contributed by atoms with van der Waals surface area (Å²) in [5, 5.41) is 15.6. The van der Waals surface area contributed by atoms with Crippen LogP contribution in [0.2, 0.25) is 5.02 Å². The normalized spacial score (nSPS) is 37.7. The van der Waals surface area contributed by atoms with Crippen LogP contribution in [0.25, 0.3) is 0 Å². The van der Waals surface area contributed by atoms with Crippen molar-refractivity contribution >= 4 is 28.1 Å². The van der Waals surface area contributed by atoms with Crippen molar-refractivity contribution in [3.05, 3.63) is 57.1 Å². The quantitative estimate of drug-likeness (QED) is 0.490. The standard InChI is InChI=1S/C27H33ClN2OS/c1-26-11-9-18(31)13-17(26)7-8-19-20(26)10-12-27(2)21(19)14-23-24(27)30-25(32-23)29-15-16-5-3-4-6-22(16)28/h3-7,18-21,31H,8-15H2,1-2H3,(H,29,30). The van der Waals surface area contributed by atoms with Gasteiger partial charge in [0.1, 0.15) is 0 Å². The maximum absolute atomic E-state index is 10.2. The van der Waals surface area contributed by atoms with Gasteiger partial charge in [0.25, 0.3) is 0 Å². The Morgan fingerprint density at radius 3 is 2.78 bits per heavy atom. The molecule has 1 heterocycles. The number of anilines is 1. The van der Waals surface area contributed by atoms with Gasteiger partial charge in [-0.05, 0) is 79.7 Å². The van der Waals surface area contributed by atoms with Crippen LogP contribution in [0, 0.1) is 23.2 Å². The molecule has 2 fully saturated rings. The Balaban J connectivity index is 1.23. The number of halogens is 1. The summed E-state index contributed by atoms with van der Waals surface area (Å²) in [4.78, 5) is 6.65. The molecular formula is C27H33ClN2OS. The first-order chi connectivity index (χ1) is 15.4. The molecule has 3 nitrogen and oxygen atoms in total. The van der Waals surface area contributed by atoms with E-state index in [2.05, 4.69) is 31.3 Å². The van der Waals surface area contributed by atoms with Crippen molar-refractivity contribution in [3.63, 3.8) is 0 Å². The van der Waals surface area contributed by atoms with Crippen molar-refractivity contribution < 1.29 is 5.11 Å². The van der Waals surface area contributed by atoms with Crippen molar-refractivity contribution in [2.75, 3.05) is 5.32 Å². The number of fused-ring (bicyclic) bond motifs is 7. The molecule has 0 amide bonds. The molecule has 0 bridgehead atoms. The molecule has 0 radical (unpaired) electrons. The Labute approximate surface area is 200 Å². The Morgan fingerprint density at radius 2 is 1.94 bits per heavy atom. The van der Waals surface area contributed by atoms with E-state index in [9.17, 15) is 5.11 Å². The molecule has 0 saturated heterocycles. The van der Waals surface area contributed by atoms with Crippen molar-refractivity contribution in [1.29, 1.82) is 0 Å². The minimum absolute atomic E-state index is 0.126. The van der Waals surface area contributed by atoms with Gasteiger partial charge >= 0.3 is 0 Å². The van der Waals surface area contributed by atoms with Gasteiger partial charge in [-0.15, -0.1) is 11.3 Å². The molecular weight excluding hydrogens is 436 g/mol. The molecule has 2 saturated carbocycles. The topological polar surface area (TPSA) is 45.2 Å². The van der Waals surface area contributed by atoms with Crippen molar-refractivity contribution in [1.82, 2.24) is 4.98 Å². The van der Waals surface area contributed by atoms with Gasteiger partial charge in [-0.2, -0.15) is 0 Å². The largest absolute Gasteiger partial charge is 0.393 e. The van der Waals surface area contributed by atoms with Crippen LogP contribution in [0.3, 0.4) is 0 Å². The number of aliphatic hydroxyl groups excluding tert-OH is 1. The summed E-state index contributed by atoms with van der Waals surface area (Å²) in [6.07, 6.45) is 10.3. The molecule has 6 atom stereocenters. The van der Waals surface area contributed by atoms with E-state index in [0.29, 0.717) is 17.9 Å². The first kappa shape index (κ1) is 21.2. The highest BCUT2D eigenvalue weighted by atomic mass is 35.5. The zero-order chi connectivity index (χ0) is 22.1. The average molecular weight is 469 g/mol. The second-order valence-electron chi connectivity index (χ2n) is 11.1. The van der Waals surface area contributed by atoms with Gasteiger partial charge in [-0.3, -0.25) is 0 Å². The lowest BCUT2D eigenvalue weighted by Crippen LogP contribution is -2.51. The number of benzene rings is 1. The van der Waals surface area contributed by atoms with Gasteiger partial charge in [-0.1, -0.05) is 55.3 Å². The average Bonchev–Trinajstić information content (AvgIpc) is 3.30. The van der Waals surface area contributed by atoms with E-state index in [0.717, 1.165) is 46.8 Å². The maximum Gasteiger partial charge on any atom is 0.183 e. The molecule has 6 rings (SSSR count). The Kier molecular flexibility index (Phi) is 5.02. The third-order valence-electron chi connectivity index (χ3n) is 9.50. The SMILES string of the molecule is CC12CCC(O)CC1=CCC1C2CCC2(C)c3nc(NCc4ccccc4Cl)sc3CC12. The van der Waals surface area contributed by atoms with Gasteiger partial charge in [0.05, 0.1) is 11.8 Å². The highest BCUT2D eigenvalue weighted by molar-refractivity contribution is 7.15. The van der Waals surface area contributed by atoms with Crippen LogP contribution in [0.5, 0.6) is 0 Å². The molecule has 0 aliphatic heterocycles. The minimum Gasteiger partial charge on any atom is -0.393 e. The summed E-state index contributed by atoms with van der Waals surface area (Å²) < 4.78 is 0. The van der Waals surface area contributed by atoms with Crippen LogP contribution in [0.15, 0.2) is 35.9 Å². The van der Waals surface area contributed by atoms with E-state index in [1.165, 1.54) is 36.3 Å². The van der Waals surface area contributed by atoms with Crippen LogP contribution >= 0.6 is 22.9 Å². The summed E-state index contributed by atoms with van der Waals surface area (Å²) in [5.41, 5.74) is 4.54. The van der Waals surface area contributed by atoms with E-state index in [-0.39, 0.29) is 11.5 Å². The monoisotopic (exact) mass is 468 g/mol.